The molecule has 156 valence electrons. The number of halogens is 1. The van der Waals surface area contributed by atoms with Crippen LogP contribution in [0.4, 0.5) is 4.39 Å². The van der Waals surface area contributed by atoms with Crippen LogP contribution < -0.4 is 0 Å². The molecule has 3 heterocycles. The van der Waals surface area contributed by atoms with Crippen LogP contribution in [0.2, 0.25) is 0 Å². The number of hydrogen-bond donors (Lipinski definition) is 0. The van der Waals surface area contributed by atoms with Gasteiger partial charge in [-0.25, -0.2) is 4.39 Å². The summed E-state index contributed by atoms with van der Waals surface area (Å²) in [5, 5.41) is 4.31. The maximum atomic E-state index is 13.2. The Bertz CT molecular complexity index is 1060. The summed E-state index contributed by atoms with van der Waals surface area (Å²) < 4.78 is 14.9. The molecule has 1 saturated heterocycles. The van der Waals surface area contributed by atoms with Gasteiger partial charge >= 0.3 is 0 Å². The summed E-state index contributed by atoms with van der Waals surface area (Å²) in [4.78, 5) is 19.8. The van der Waals surface area contributed by atoms with Crippen LogP contribution in [-0.4, -0.2) is 38.7 Å². The van der Waals surface area contributed by atoms with Crippen molar-refractivity contribution in [1.29, 1.82) is 0 Å². The molecule has 5 nitrogen and oxygen atoms in total. The molecule has 1 fully saturated rings. The van der Waals surface area contributed by atoms with Gasteiger partial charge in [0, 0.05) is 43.6 Å². The molecule has 3 aromatic rings. The van der Waals surface area contributed by atoms with Gasteiger partial charge in [-0.15, -0.1) is 0 Å². The summed E-state index contributed by atoms with van der Waals surface area (Å²) >= 11 is 0. The summed E-state index contributed by atoms with van der Waals surface area (Å²) in [6, 6.07) is 10.9. The molecule has 1 aliphatic rings. The molecule has 1 amide bonds. The fourth-order valence-corrected chi connectivity index (χ4v) is 4.30. The molecule has 0 unspecified atom stereocenters. The highest BCUT2D eigenvalue weighted by Crippen LogP contribution is 2.28. The van der Waals surface area contributed by atoms with Crippen molar-refractivity contribution < 1.29 is 9.18 Å². The van der Waals surface area contributed by atoms with Gasteiger partial charge in [-0.1, -0.05) is 12.1 Å². The number of likely N-dealkylation sites (tertiary alicyclic amines) is 1. The summed E-state index contributed by atoms with van der Waals surface area (Å²) in [6.45, 7) is 5.30. The van der Waals surface area contributed by atoms with Gasteiger partial charge < -0.3 is 4.90 Å². The average molecular weight is 407 g/mol. The molecule has 0 spiro atoms. The van der Waals surface area contributed by atoms with Gasteiger partial charge in [-0.2, -0.15) is 5.10 Å². The number of carbonyl (C=O) groups is 1. The van der Waals surface area contributed by atoms with Crippen molar-refractivity contribution in [1.82, 2.24) is 19.7 Å². The molecular formula is C24H27FN4O. The monoisotopic (exact) mass is 406 g/mol. The summed E-state index contributed by atoms with van der Waals surface area (Å²) in [5.74, 6) is 0.0391. The minimum atomic E-state index is -0.221. The smallest absolute Gasteiger partial charge is 0.257 e. The van der Waals surface area contributed by atoms with Gasteiger partial charge in [0.05, 0.1) is 11.3 Å². The Morgan fingerprint density at radius 2 is 1.93 bits per heavy atom. The number of benzene rings is 1. The van der Waals surface area contributed by atoms with Crippen LogP contribution in [0.1, 0.15) is 57.3 Å². The van der Waals surface area contributed by atoms with E-state index in [0.29, 0.717) is 12.1 Å². The predicted octanol–water partition coefficient (Wildman–Crippen LogP) is 4.18. The standard InChI is InChI=1S/C24H27FN4O/c1-16-11-19(12-18-6-8-21(25)9-7-18)13-23(26-16)20-5-4-10-29(14-20)24(30)22-15-28(3)27-17(22)2/h6-9,11,13,15,20H,4-5,10,12,14H2,1-3H3/t20-/m1/s1. The van der Waals surface area contributed by atoms with Crippen LogP contribution in [0.3, 0.4) is 0 Å². The van der Waals surface area contributed by atoms with E-state index < -0.39 is 0 Å². The molecular weight excluding hydrogens is 379 g/mol. The van der Waals surface area contributed by atoms with Crippen LogP contribution in [0.15, 0.2) is 42.6 Å². The Morgan fingerprint density at radius 1 is 1.17 bits per heavy atom. The molecule has 0 radical (unpaired) electrons. The Kier molecular flexibility index (Phi) is 5.66. The van der Waals surface area contributed by atoms with E-state index in [0.717, 1.165) is 54.0 Å². The number of aryl methyl sites for hydroxylation is 3. The number of carbonyl (C=O) groups excluding carboxylic acids is 1. The normalized spacial score (nSPS) is 16.7. The van der Waals surface area contributed by atoms with E-state index in [-0.39, 0.29) is 17.6 Å². The zero-order chi connectivity index (χ0) is 21.3. The minimum absolute atomic E-state index is 0.0458. The fraction of sp³-hybridized carbons (Fsp3) is 0.375. The molecule has 0 saturated carbocycles. The predicted molar refractivity (Wildman–Crippen MR) is 114 cm³/mol. The van der Waals surface area contributed by atoms with Gasteiger partial charge in [-0.05, 0) is 68.5 Å². The number of piperidine rings is 1. The van der Waals surface area contributed by atoms with E-state index in [1.165, 1.54) is 12.1 Å². The first-order valence-corrected chi connectivity index (χ1v) is 10.4. The van der Waals surface area contributed by atoms with Crippen molar-refractivity contribution in [3.63, 3.8) is 0 Å². The maximum absolute atomic E-state index is 13.2. The maximum Gasteiger partial charge on any atom is 0.257 e. The van der Waals surface area contributed by atoms with Crippen LogP contribution in [0, 0.1) is 19.7 Å². The third-order valence-corrected chi connectivity index (χ3v) is 5.73. The molecule has 0 N–H and O–H groups in total. The Labute approximate surface area is 176 Å². The molecule has 2 aromatic heterocycles. The highest BCUT2D eigenvalue weighted by molar-refractivity contribution is 5.95. The SMILES string of the molecule is Cc1cc(Cc2ccc(F)cc2)cc([C@@H]2CCCN(C(=O)c3cn(C)nc3C)C2)n1. The van der Waals surface area contributed by atoms with Crippen molar-refractivity contribution >= 4 is 5.91 Å². The lowest BCUT2D eigenvalue weighted by molar-refractivity contribution is 0.0705. The van der Waals surface area contributed by atoms with Gasteiger partial charge in [0.25, 0.3) is 5.91 Å². The van der Waals surface area contributed by atoms with E-state index in [1.54, 1.807) is 10.9 Å². The summed E-state index contributed by atoms with van der Waals surface area (Å²) in [7, 11) is 1.84. The Balaban J connectivity index is 1.53. The lowest BCUT2D eigenvalue weighted by atomic mass is 9.92. The zero-order valence-electron chi connectivity index (χ0n) is 17.7. The zero-order valence-corrected chi connectivity index (χ0v) is 17.7. The van der Waals surface area contributed by atoms with Crippen molar-refractivity contribution in [2.24, 2.45) is 7.05 Å². The largest absolute Gasteiger partial charge is 0.338 e. The average Bonchev–Trinajstić information content (AvgIpc) is 3.07. The highest BCUT2D eigenvalue weighted by atomic mass is 19.1. The molecule has 1 aromatic carbocycles. The first kappa shape index (κ1) is 20.3. The van der Waals surface area contributed by atoms with Crippen LogP contribution >= 0.6 is 0 Å². The number of amides is 1. The van der Waals surface area contributed by atoms with Crippen LogP contribution in [0.25, 0.3) is 0 Å². The number of rotatable bonds is 4. The first-order valence-electron chi connectivity index (χ1n) is 10.4. The molecule has 1 atom stereocenters. The van der Waals surface area contributed by atoms with Crippen molar-refractivity contribution in [3.05, 3.63) is 82.2 Å². The van der Waals surface area contributed by atoms with Crippen molar-refractivity contribution in [2.45, 2.75) is 39.0 Å². The quantitative estimate of drug-likeness (QED) is 0.653. The Morgan fingerprint density at radius 3 is 2.63 bits per heavy atom. The number of pyridine rings is 1. The lowest BCUT2D eigenvalue weighted by Crippen LogP contribution is -2.39. The number of hydrogen-bond acceptors (Lipinski definition) is 3. The lowest BCUT2D eigenvalue weighted by Gasteiger charge is -2.32. The molecule has 30 heavy (non-hydrogen) atoms. The molecule has 0 bridgehead atoms. The molecule has 1 aliphatic heterocycles. The van der Waals surface area contributed by atoms with Crippen LogP contribution in [-0.2, 0) is 13.5 Å². The third kappa shape index (κ3) is 4.42. The van der Waals surface area contributed by atoms with E-state index in [2.05, 4.69) is 17.2 Å². The topological polar surface area (TPSA) is 51.0 Å². The van der Waals surface area contributed by atoms with Gasteiger partial charge in [0.2, 0.25) is 0 Å². The first-order chi connectivity index (χ1) is 14.4. The molecule has 0 aliphatic carbocycles. The van der Waals surface area contributed by atoms with Gasteiger partial charge in [-0.3, -0.25) is 14.5 Å². The van der Waals surface area contributed by atoms with E-state index in [4.69, 9.17) is 4.98 Å². The summed E-state index contributed by atoms with van der Waals surface area (Å²) in [5.41, 5.74) is 5.67. The van der Waals surface area contributed by atoms with Crippen molar-refractivity contribution in [3.8, 4) is 0 Å². The second-order valence-corrected chi connectivity index (χ2v) is 8.24. The second kappa shape index (κ2) is 8.38. The van der Waals surface area contributed by atoms with E-state index >= 15 is 0 Å². The number of nitrogens with zero attached hydrogens (tertiary/aromatic N) is 4. The third-order valence-electron chi connectivity index (χ3n) is 5.73. The fourth-order valence-electron chi connectivity index (χ4n) is 4.30. The highest BCUT2D eigenvalue weighted by Gasteiger charge is 2.28. The van der Waals surface area contributed by atoms with E-state index in [9.17, 15) is 9.18 Å². The second-order valence-electron chi connectivity index (χ2n) is 8.24. The minimum Gasteiger partial charge on any atom is -0.338 e. The number of aromatic nitrogens is 3. The van der Waals surface area contributed by atoms with E-state index in [1.807, 2.05) is 37.9 Å². The van der Waals surface area contributed by atoms with Gasteiger partial charge in [0.15, 0.2) is 0 Å². The van der Waals surface area contributed by atoms with Gasteiger partial charge in [0.1, 0.15) is 5.82 Å². The van der Waals surface area contributed by atoms with Crippen LogP contribution in [0.5, 0.6) is 0 Å². The summed E-state index contributed by atoms with van der Waals surface area (Å²) in [6.07, 6.45) is 4.51. The molecule has 4 rings (SSSR count). The Hall–Kier alpha value is -3.02. The van der Waals surface area contributed by atoms with Crippen molar-refractivity contribution in [2.75, 3.05) is 13.1 Å². The molecule has 6 heteroatoms.